The first-order chi connectivity index (χ1) is 12.2. The molecule has 0 atom stereocenters. The lowest BCUT2D eigenvalue weighted by atomic mass is 9.81. The van der Waals surface area contributed by atoms with Gasteiger partial charge in [-0.25, -0.2) is 0 Å². The minimum Gasteiger partial charge on any atom is -0.354 e. The summed E-state index contributed by atoms with van der Waals surface area (Å²) in [5.41, 5.74) is 9.32. The second-order valence-corrected chi connectivity index (χ2v) is 7.58. The highest BCUT2D eigenvalue weighted by Crippen LogP contribution is 2.43. The van der Waals surface area contributed by atoms with E-state index in [1.54, 1.807) is 0 Å². The Labute approximate surface area is 150 Å². The van der Waals surface area contributed by atoms with E-state index in [2.05, 4.69) is 61.8 Å². The Kier molecular flexibility index (Phi) is 4.25. The average molecular weight is 329 g/mol. The highest BCUT2D eigenvalue weighted by molar-refractivity contribution is 5.93. The Balaban J connectivity index is 1.96. The maximum Gasteiger partial charge on any atom is 0.0502 e. The predicted molar refractivity (Wildman–Crippen MR) is 109 cm³/mol. The van der Waals surface area contributed by atoms with Crippen molar-refractivity contribution in [2.24, 2.45) is 0 Å². The lowest BCUT2D eigenvalue weighted by Crippen LogP contribution is -2.05. The fraction of sp³-hybridized carbons (Fsp3) is 0.333. The van der Waals surface area contributed by atoms with Gasteiger partial charge < -0.3 is 4.98 Å². The van der Waals surface area contributed by atoms with Gasteiger partial charge >= 0.3 is 0 Å². The van der Waals surface area contributed by atoms with Crippen LogP contribution in [0.2, 0.25) is 0 Å². The number of aromatic nitrogens is 1. The van der Waals surface area contributed by atoms with Crippen LogP contribution in [-0.4, -0.2) is 4.98 Å². The van der Waals surface area contributed by atoms with Crippen molar-refractivity contribution in [3.8, 4) is 11.3 Å². The number of nitrogens with one attached hydrogen (secondary N) is 1. The van der Waals surface area contributed by atoms with Crippen molar-refractivity contribution in [2.45, 2.75) is 51.9 Å². The minimum atomic E-state index is 0.674. The molecule has 0 saturated heterocycles. The molecule has 0 unspecified atom stereocenters. The molecule has 0 spiro atoms. The monoisotopic (exact) mass is 329 g/mol. The van der Waals surface area contributed by atoms with Crippen LogP contribution in [-0.2, 0) is 0 Å². The van der Waals surface area contributed by atoms with Gasteiger partial charge in [-0.05, 0) is 55.4 Å². The Hall–Kier alpha value is -2.28. The second kappa shape index (κ2) is 6.55. The van der Waals surface area contributed by atoms with Crippen molar-refractivity contribution in [2.75, 3.05) is 0 Å². The largest absolute Gasteiger partial charge is 0.354 e. The topological polar surface area (TPSA) is 15.8 Å². The smallest absolute Gasteiger partial charge is 0.0502 e. The fourth-order valence-electron chi connectivity index (χ4n) is 4.49. The molecule has 0 amide bonds. The fourth-order valence-corrected chi connectivity index (χ4v) is 4.49. The third-order valence-electron chi connectivity index (χ3n) is 5.76. The summed E-state index contributed by atoms with van der Waals surface area (Å²) in [6.45, 7) is 8.32. The molecule has 0 radical (unpaired) electrons. The van der Waals surface area contributed by atoms with Gasteiger partial charge in [-0.1, -0.05) is 67.8 Å². The van der Waals surface area contributed by atoms with Crippen LogP contribution < -0.4 is 0 Å². The van der Waals surface area contributed by atoms with Gasteiger partial charge in [0.25, 0.3) is 0 Å². The summed E-state index contributed by atoms with van der Waals surface area (Å²) in [6, 6.07) is 13.5. The third-order valence-corrected chi connectivity index (χ3v) is 5.76. The first kappa shape index (κ1) is 16.2. The van der Waals surface area contributed by atoms with E-state index in [-0.39, 0.29) is 0 Å². The number of hydrogen-bond donors (Lipinski definition) is 1. The summed E-state index contributed by atoms with van der Waals surface area (Å²) in [5.74, 6) is 0.674. The molecule has 1 aliphatic carbocycles. The van der Waals surface area contributed by atoms with Crippen LogP contribution >= 0.6 is 0 Å². The molecule has 128 valence electrons. The summed E-state index contributed by atoms with van der Waals surface area (Å²) in [5, 5.41) is 1.40. The Morgan fingerprint density at radius 3 is 2.52 bits per heavy atom. The number of H-pyrrole nitrogens is 1. The molecule has 3 aromatic rings. The summed E-state index contributed by atoms with van der Waals surface area (Å²) in [4.78, 5) is 3.77. The molecule has 4 rings (SSSR count). The van der Waals surface area contributed by atoms with Crippen molar-refractivity contribution < 1.29 is 0 Å². The van der Waals surface area contributed by atoms with E-state index < -0.39 is 0 Å². The van der Waals surface area contributed by atoms with Crippen molar-refractivity contribution in [1.82, 2.24) is 4.98 Å². The molecule has 1 N–H and O–H groups in total. The van der Waals surface area contributed by atoms with Crippen LogP contribution in [0.5, 0.6) is 0 Å². The summed E-state index contributed by atoms with van der Waals surface area (Å²) in [6.07, 6.45) is 8.65. The van der Waals surface area contributed by atoms with Gasteiger partial charge in [0.2, 0.25) is 0 Å². The van der Waals surface area contributed by atoms with E-state index in [9.17, 15) is 0 Å². The minimum absolute atomic E-state index is 0.674. The standard InChI is InChI=1S/C24H27N/c1-4-18-11-13-21-22(15-18)25-24(20-12-10-16(2)14-17(20)3)23(21)19-8-6-5-7-9-19/h4,10-15,19,25H,1,5-9H2,2-3H3. The van der Waals surface area contributed by atoms with Crippen molar-refractivity contribution >= 4 is 17.0 Å². The average Bonchev–Trinajstić information content (AvgIpc) is 3.00. The van der Waals surface area contributed by atoms with Crippen molar-refractivity contribution in [3.05, 3.63) is 65.2 Å². The lowest BCUT2D eigenvalue weighted by molar-refractivity contribution is 0.446. The van der Waals surface area contributed by atoms with Gasteiger partial charge in [0.1, 0.15) is 0 Å². The number of fused-ring (bicyclic) bond motifs is 1. The van der Waals surface area contributed by atoms with Gasteiger partial charge in [-0.3, -0.25) is 0 Å². The maximum atomic E-state index is 3.92. The summed E-state index contributed by atoms with van der Waals surface area (Å²) < 4.78 is 0. The molecule has 2 aromatic carbocycles. The summed E-state index contributed by atoms with van der Waals surface area (Å²) >= 11 is 0. The highest BCUT2D eigenvalue weighted by atomic mass is 14.7. The zero-order chi connectivity index (χ0) is 17.4. The Morgan fingerprint density at radius 2 is 1.80 bits per heavy atom. The molecule has 1 heterocycles. The number of aromatic amines is 1. The molecule has 1 aromatic heterocycles. The van der Waals surface area contributed by atoms with E-state index in [1.165, 1.54) is 76.5 Å². The van der Waals surface area contributed by atoms with E-state index >= 15 is 0 Å². The normalized spacial score (nSPS) is 15.6. The molecule has 1 nitrogen and oxygen atoms in total. The predicted octanol–water partition coefficient (Wildman–Crippen LogP) is 7.14. The SMILES string of the molecule is C=Cc1ccc2c(C3CCCCC3)c(-c3ccc(C)cc3C)[nH]c2c1. The molecular formula is C24H27N. The van der Waals surface area contributed by atoms with Crippen LogP contribution in [0, 0.1) is 13.8 Å². The maximum absolute atomic E-state index is 3.92. The van der Waals surface area contributed by atoms with Gasteiger partial charge in [-0.2, -0.15) is 0 Å². The zero-order valence-corrected chi connectivity index (χ0v) is 15.4. The lowest BCUT2D eigenvalue weighted by Gasteiger charge is -2.23. The number of benzene rings is 2. The molecule has 0 aliphatic heterocycles. The molecule has 0 bridgehead atoms. The van der Waals surface area contributed by atoms with Crippen LogP contribution in [0.15, 0.2) is 43.0 Å². The van der Waals surface area contributed by atoms with Crippen LogP contribution in [0.3, 0.4) is 0 Å². The Bertz CT molecular complexity index is 923. The molecule has 25 heavy (non-hydrogen) atoms. The van der Waals surface area contributed by atoms with Crippen LogP contribution in [0.1, 0.15) is 60.3 Å². The Morgan fingerprint density at radius 1 is 1.00 bits per heavy atom. The van der Waals surface area contributed by atoms with Crippen molar-refractivity contribution in [3.63, 3.8) is 0 Å². The molecule has 1 heteroatoms. The number of hydrogen-bond acceptors (Lipinski definition) is 0. The number of aryl methyl sites for hydroxylation is 2. The van der Waals surface area contributed by atoms with Crippen molar-refractivity contribution in [1.29, 1.82) is 0 Å². The van der Waals surface area contributed by atoms with Gasteiger partial charge in [0.05, 0.1) is 5.69 Å². The number of rotatable bonds is 3. The van der Waals surface area contributed by atoms with E-state index in [0.717, 1.165) is 0 Å². The first-order valence-electron chi connectivity index (χ1n) is 9.53. The first-order valence-corrected chi connectivity index (χ1v) is 9.53. The molecule has 1 aliphatic rings. The third kappa shape index (κ3) is 2.93. The van der Waals surface area contributed by atoms with E-state index in [0.29, 0.717) is 5.92 Å². The van der Waals surface area contributed by atoms with E-state index in [4.69, 9.17) is 0 Å². The zero-order valence-electron chi connectivity index (χ0n) is 15.4. The second-order valence-electron chi connectivity index (χ2n) is 7.58. The molecular weight excluding hydrogens is 302 g/mol. The van der Waals surface area contributed by atoms with Gasteiger partial charge in [-0.15, -0.1) is 0 Å². The van der Waals surface area contributed by atoms with Gasteiger partial charge in [0.15, 0.2) is 0 Å². The quantitative estimate of drug-likeness (QED) is 0.525. The summed E-state index contributed by atoms with van der Waals surface area (Å²) in [7, 11) is 0. The van der Waals surface area contributed by atoms with Gasteiger partial charge in [0, 0.05) is 16.5 Å². The molecule has 1 fully saturated rings. The molecule has 1 saturated carbocycles. The van der Waals surface area contributed by atoms with E-state index in [1.807, 2.05) is 6.08 Å². The van der Waals surface area contributed by atoms with Crippen LogP contribution in [0.4, 0.5) is 0 Å². The van der Waals surface area contributed by atoms with Crippen LogP contribution in [0.25, 0.3) is 28.2 Å². The highest BCUT2D eigenvalue weighted by Gasteiger charge is 2.24.